The maximum Gasteiger partial charge on any atom is 0.144 e. The molecule has 0 atom stereocenters. The van der Waals surface area contributed by atoms with Crippen molar-refractivity contribution in [2.24, 2.45) is 4.99 Å². The number of benzene rings is 2. The van der Waals surface area contributed by atoms with Crippen molar-refractivity contribution in [2.75, 3.05) is 5.32 Å². The Bertz CT molecular complexity index is 807. The van der Waals surface area contributed by atoms with E-state index in [2.05, 4.69) is 58.8 Å². The van der Waals surface area contributed by atoms with E-state index in [1.807, 2.05) is 31.2 Å². The van der Waals surface area contributed by atoms with Crippen LogP contribution in [0.25, 0.3) is 11.1 Å². The number of rotatable bonds is 5. The van der Waals surface area contributed by atoms with Gasteiger partial charge in [-0.05, 0) is 54.7 Å². The first kappa shape index (κ1) is 18.1. The predicted molar refractivity (Wildman–Crippen MR) is 108 cm³/mol. The first-order chi connectivity index (χ1) is 11.5. The zero-order valence-corrected chi connectivity index (χ0v) is 15.9. The fourth-order valence-corrected chi connectivity index (χ4v) is 2.98. The molecule has 3 nitrogen and oxygen atoms in total. The Kier molecular flexibility index (Phi) is 6.10. The molecule has 2 rings (SSSR count). The van der Waals surface area contributed by atoms with E-state index in [4.69, 9.17) is 5.41 Å². The van der Waals surface area contributed by atoms with Crippen LogP contribution in [0, 0.1) is 19.3 Å². The van der Waals surface area contributed by atoms with Gasteiger partial charge in [0.1, 0.15) is 5.84 Å². The van der Waals surface area contributed by atoms with Gasteiger partial charge in [-0.2, -0.15) is 0 Å². The van der Waals surface area contributed by atoms with Gasteiger partial charge in [0.05, 0.1) is 5.71 Å². The molecule has 124 valence electrons. The van der Waals surface area contributed by atoms with Gasteiger partial charge in [0.15, 0.2) is 0 Å². The van der Waals surface area contributed by atoms with Crippen LogP contribution in [0.1, 0.15) is 24.5 Å². The van der Waals surface area contributed by atoms with Crippen LogP contribution in [0.2, 0.25) is 0 Å². The Hall–Kier alpha value is -2.20. The van der Waals surface area contributed by atoms with E-state index >= 15 is 0 Å². The fraction of sp³-hybridized carbons (Fsp3) is 0.200. The summed E-state index contributed by atoms with van der Waals surface area (Å²) in [6, 6.07) is 12.3. The summed E-state index contributed by atoms with van der Waals surface area (Å²) in [7, 11) is 0. The number of halogens is 1. The lowest BCUT2D eigenvalue weighted by atomic mass is 9.95. The molecule has 0 aromatic heterocycles. The number of hydrogen-bond acceptors (Lipinski definition) is 2. The lowest BCUT2D eigenvalue weighted by Gasteiger charge is -2.16. The summed E-state index contributed by atoms with van der Waals surface area (Å²) in [5.74, 6) is 0.309. The minimum Gasteiger partial charge on any atom is -0.339 e. The molecular formula is C20H22BrN3. The average molecular weight is 384 g/mol. The van der Waals surface area contributed by atoms with Gasteiger partial charge in [-0.3, -0.25) is 10.4 Å². The summed E-state index contributed by atoms with van der Waals surface area (Å²) in [4.78, 5) is 4.16. The highest BCUT2D eigenvalue weighted by Gasteiger charge is 2.12. The second kappa shape index (κ2) is 8.06. The molecule has 0 unspecified atom stereocenters. The normalized spacial score (nSPS) is 11.2. The monoisotopic (exact) mass is 383 g/mol. The molecule has 0 amide bonds. The molecule has 2 aromatic carbocycles. The average Bonchev–Trinajstić information content (AvgIpc) is 2.57. The number of amidine groups is 1. The topological polar surface area (TPSA) is 48.2 Å². The van der Waals surface area contributed by atoms with Crippen LogP contribution < -0.4 is 5.32 Å². The summed E-state index contributed by atoms with van der Waals surface area (Å²) < 4.78 is 1.09. The van der Waals surface area contributed by atoms with Crippen molar-refractivity contribution in [1.82, 2.24) is 0 Å². The maximum atomic E-state index is 8.24. The predicted octanol–water partition coefficient (Wildman–Crippen LogP) is 6.12. The van der Waals surface area contributed by atoms with Gasteiger partial charge < -0.3 is 5.32 Å². The fourth-order valence-electron chi connectivity index (χ4n) is 2.61. The molecule has 0 heterocycles. The third kappa shape index (κ3) is 3.82. The number of hydrogen-bond donors (Lipinski definition) is 2. The van der Waals surface area contributed by atoms with Crippen molar-refractivity contribution >= 4 is 33.2 Å². The quantitative estimate of drug-likeness (QED) is 0.474. The SMILES string of the molecule is C=C/N=C(\CC)C(=N)Nc1cccc(-c2cccc(Br)c2C)c1C. The van der Waals surface area contributed by atoms with Crippen LogP contribution in [0.4, 0.5) is 5.69 Å². The summed E-state index contributed by atoms with van der Waals surface area (Å²) in [6.07, 6.45) is 2.16. The molecule has 0 spiro atoms. The van der Waals surface area contributed by atoms with E-state index in [1.54, 1.807) is 0 Å². The third-order valence-electron chi connectivity index (χ3n) is 4.02. The van der Waals surface area contributed by atoms with E-state index in [-0.39, 0.29) is 0 Å². The number of nitrogens with one attached hydrogen (secondary N) is 2. The van der Waals surface area contributed by atoms with Crippen LogP contribution in [-0.4, -0.2) is 11.5 Å². The van der Waals surface area contributed by atoms with Crippen LogP contribution in [0.15, 0.2) is 58.6 Å². The zero-order chi connectivity index (χ0) is 17.7. The molecule has 0 aliphatic heterocycles. The molecule has 0 bridgehead atoms. The van der Waals surface area contributed by atoms with Crippen LogP contribution >= 0.6 is 15.9 Å². The van der Waals surface area contributed by atoms with Gasteiger partial charge in [0, 0.05) is 16.4 Å². The standard InChI is InChI=1S/C20H22BrN3/c1-5-18(23-6-2)20(22)24-19-12-8-10-16(14(19)4)15-9-7-11-17(21)13(15)3/h6-12H,2,5H2,1,3-4H3,(H2,22,24)/b23-18+. The Labute approximate surface area is 152 Å². The highest BCUT2D eigenvalue weighted by atomic mass is 79.9. The van der Waals surface area contributed by atoms with Gasteiger partial charge >= 0.3 is 0 Å². The van der Waals surface area contributed by atoms with E-state index in [1.165, 1.54) is 17.3 Å². The highest BCUT2D eigenvalue weighted by Crippen LogP contribution is 2.33. The van der Waals surface area contributed by atoms with Crippen LogP contribution in [0.3, 0.4) is 0 Å². The van der Waals surface area contributed by atoms with Gasteiger partial charge in [0.25, 0.3) is 0 Å². The molecule has 0 saturated heterocycles. The first-order valence-corrected chi connectivity index (χ1v) is 8.67. The minimum atomic E-state index is 0.309. The largest absolute Gasteiger partial charge is 0.339 e. The molecule has 2 aromatic rings. The lowest BCUT2D eigenvalue weighted by molar-refractivity contribution is 1.28. The van der Waals surface area contributed by atoms with Gasteiger partial charge in [-0.25, -0.2) is 0 Å². The number of aliphatic imine (C=N–C) groups is 1. The maximum absolute atomic E-state index is 8.24. The first-order valence-electron chi connectivity index (χ1n) is 7.88. The number of anilines is 1. The Morgan fingerprint density at radius 3 is 2.42 bits per heavy atom. The van der Waals surface area contributed by atoms with E-state index in [9.17, 15) is 0 Å². The van der Waals surface area contributed by atoms with Crippen LogP contribution in [0.5, 0.6) is 0 Å². The summed E-state index contributed by atoms with van der Waals surface area (Å²) >= 11 is 3.60. The van der Waals surface area contributed by atoms with Crippen molar-refractivity contribution in [3.63, 3.8) is 0 Å². The van der Waals surface area contributed by atoms with E-state index < -0.39 is 0 Å². The Morgan fingerprint density at radius 1 is 1.17 bits per heavy atom. The van der Waals surface area contributed by atoms with Gasteiger partial charge in [-0.15, -0.1) is 0 Å². The van der Waals surface area contributed by atoms with Crippen LogP contribution in [-0.2, 0) is 0 Å². The van der Waals surface area contributed by atoms with Crippen molar-refractivity contribution in [1.29, 1.82) is 5.41 Å². The summed E-state index contributed by atoms with van der Waals surface area (Å²) in [5.41, 5.74) is 6.26. The van der Waals surface area contributed by atoms with Crippen molar-refractivity contribution in [3.8, 4) is 11.1 Å². The summed E-state index contributed by atoms with van der Waals surface area (Å²) in [5, 5.41) is 11.4. The molecule has 0 saturated carbocycles. The minimum absolute atomic E-state index is 0.309. The van der Waals surface area contributed by atoms with Crippen molar-refractivity contribution in [2.45, 2.75) is 27.2 Å². The molecule has 0 aliphatic carbocycles. The van der Waals surface area contributed by atoms with Crippen molar-refractivity contribution in [3.05, 3.63) is 64.8 Å². The zero-order valence-electron chi connectivity index (χ0n) is 14.3. The third-order valence-corrected chi connectivity index (χ3v) is 4.88. The molecular weight excluding hydrogens is 362 g/mol. The molecule has 0 radical (unpaired) electrons. The molecule has 2 N–H and O–H groups in total. The summed E-state index contributed by atoms with van der Waals surface area (Å²) in [6.45, 7) is 9.76. The van der Waals surface area contributed by atoms with E-state index in [0.717, 1.165) is 21.3 Å². The smallest absolute Gasteiger partial charge is 0.144 e. The van der Waals surface area contributed by atoms with Crippen molar-refractivity contribution < 1.29 is 0 Å². The van der Waals surface area contributed by atoms with E-state index in [0.29, 0.717) is 18.0 Å². The highest BCUT2D eigenvalue weighted by molar-refractivity contribution is 9.10. The Morgan fingerprint density at radius 2 is 1.79 bits per heavy atom. The molecule has 24 heavy (non-hydrogen) atoms. The molecule has 4 heteroatoms. The van der Waals surface area contributed by atoms with Gasteiger partial charge in [0.2, 0.25) is 0 Å². The molecule has 0 fully saturated rings. The molecule has 0 aliphatic rings. The second-order valence-electron chi connectivity index (χ2n) is 5.50. The Balaban J connectivity index is 2.42. The lowest BCUT2D eigenvalue weighted by Crippen LogP contribution is -2.21. The van der Waals surface area contributed by atoms with Gasteiger partial charge in [-0.1, -0.05) is 53.7 Å². The number of nitrogens with zero attached hydrogens (tertiary/aromatic N) is 1. The second-order valence-corrected chi connectivity index (χ2v) is 6.36.